The number of carboxylic acid groups (broad SMARTS) is 3. The first-order valence-corrected chi connectivity index (χ1v) is 40.9. The van der Waals surface area contributed by atoms with Gasteiger partial charge in [-0.1, -0.05) is 88.4 Å². The van der Waals surface area contributed by atoms with E-state index in [0.29, 0.717) is 28.5 Å². The summed E-state index contributed by atoms with van der Waals surface area (Å²) in [6.07, 6.45) is -2.36. The summed E-state index contributed by atoms with van der Waals surface area (Å²) in [5.74, 6) is -21.5. The molecule has 31 N–H and O–H groups in total. The van der Waals surface area contributed by atoms with E-state index in [4.69, 9.17) is 17.2 Å². The fourth-order valence-electron chi connectivity index (χ4n) is 12.7. The molecule has 1 heterocycles. The molecule has 4 rings (SSSR count). The lowest BCUT2D eigenvalue weighted by Gasteiger charge is -2.28. The van der Waals surface area contributed by atoms with E-state index in [1.165, 1.54) is 30.5 Å². The number of amides is 14. The lowest BCUT2D eigenvalue weighted by molar-refractivity contribution is -0.143. The number of carbonyl (C=O) groups is 17. The second-order valence-electron chi connectivity index (χ2n) is 30.7. The van der Waals surface area contributed by atoms with Gasteiger partial charge >= 0.3 is 17.9 Å². The number of aliphatic hydroxyl groups is 6. The van der Waals surface area contributed by atoms with Gasteiger partial charge in [0.15, 0.2) is 0 Å². The smallest absolute Gasteiger partial charge is 0.328 e. The summed E-state index contributed by atoms with van der Waals surface area (Å²) in [6, 6.07) is -6.06. The zero-order valence-corrected chi connectivity index (χ0v) is 70.3. The molecule has 0 bridgehead atoms. The molecule has 4 aromatic rings. The molecule has 15 atom stereocenters. The van der Waals surface area contributed by atoms with Crippen molar-refractivity contribution in [3.63, 3.8) is 0 Å². The number of phenolic OH excluding ortho intramolecular Hbond substituents is 1. The van der Waals surface area contributed by atoms with Crippen LogP contribution in [0.25, 0.3) is 10.9 Å². The quantitative estimate of drug-likeness (QED) is 0.0183. The van der Waals surface area contributed by atoms with E-state index in [0.717, 1.165) is 0 Å². The Morgan fingerprint density at radius 2 is 0.619 bits per heavy atom. The van der Waals surface area contributed by atoms with Gasteiger partial charge in [0.2, 0.25) is 82.7 Å². The van der Waals surface area contributed by atoms with Gasteiger partial charge in [-0.2, -0.15) is 0 Å². The predicted octanol–water partition coefficient (Wildman–Crippen LogP) is -7.87. The number of phenols is 1. The van der Waals surface area contributed by atoms with Gasteiger partial charge in [0, 0.05) is 49.2 Å². The molecular weight excluding hydrogens is 1660 g/mol. The van der Waals surface area contributed by atoms with Crippen molar-refractivity contribution in [3.8, 4) is 5.75 Å². The maximum Gasteiger partial charge on any atom is 0.328 e. The van der Waals surface area contributed by atoms with Crippen LogP contribution in [-0.2, 0) is 101 Å². The first-order chi connectivity index (χ1) is 59.8. The number of nitrogens with two attached hydrogens (primary N) is 3. The lowest BCUT2D eigenvalue weighted by Crippen LogP contribution is -2.62. The van der Waals surface area contributed by atoms with E-state index in [9.17, 15) is 128 Å². The molecule has 15 unspecified atom stereocenters. The van der Waals surface area contributed by atoms with Gasteiger partial charge in [-0.05, 0) is 124 Å². The van der Waals surface area contributed by atoms with Crippen molar-refractivity contribution in [2.75, 3.05) is 52.7 Å². The van der Waals surface area contributed by atoms with Crippen LogP contribution >= 0.6 is 0 Å². The third-order valence-electron chi connectivity index (χ3n) is 19.6. The SMILES string of the molecule is CC(C)CC(NC(=O)C(CO)NC(=O)C(N)CO)C(=O)NC(CCCCN)C(=O)NC(CCC(=O)O)C(=O)NC(Cc1ccc(O)cc1)C(=O)NC(Cc1c[nH]c2ccccc12)C(=O)NC(CO)C(=O)NC(CO)C(=O)NC(CC(C)C)C(=O)NC(CCCCN)C(=O)NC(CCC(=O)O)C(=O)NC(CO)C(=O)NC(Cc1ccccc1)C(=O)NC(CO)C(=O)O. The molecule has 45 nitrogen and oxygen atoms in total. The minimum absolute atomic E-state index is 0.0797. The number of aromatic hydroxyl groups is 1. The number of hydrogen-bond donors (Lipinski definition) is 28. The van der Waals surface area contributed by atoms with E-state index >= 15 is 4.79 Å². The fraction of sp³-hybridized carbons (Fsp3) is 0.543. The number of aliphatic hydroxyl groups excluding tert-OH is 6. The molecule has 0 saturated carbocycles. The van der Waals surface area contributed by atoms with Gasteiger partial charge in [-0.15, -0.1) is 0 Å². The van der Waals surface area contributed by atoms with Gasteiger partial charge in [0.25, 0.3) is 0 Å². The summed E-state index contributed by atoms with van der Waals surface area (Å²) in [5, 5.41) is 134. The zero-order valence-electron chi connectivity index (χ0n) is 70.3. The topological polar surface area (TPSA) is 755 Å². The number of unbranched alkanes of at least 4 members (excludes halogenated alkanes) is 2. The second kappa shape index (κ2) is 55.1. The Bertz CT molecular complexity index is 4290. The highest BCUT2D eigenvalue weighted by atomic mass is 16.4. The van der Waals surface area contributed by atoms with Crippen molar-refractivity contribution < 1.29 is 133 Å². The molecule has 0 spiro atoms. The van der Waals surface area contributed by atoms with Crippen molar-refractivity contribution in [3.05, 3.63) is 102 Å². The summed E-state index contributed by atoms with van der Waals surface area (Å²) in [4.78, 5) is 237. The maximum atomic E-state index is 15.1. The zero-order chi connectivity index (χ0) is 93.9. The molecular formula is C81H120N18O27. The van der Waals surface area contributed by atoms with Gasteiger partial charge in [0.05, 0.1) is 39.6 Å². The third-order valence-corrected chi connectivity index (χ3v) is 19.6. The number of fused-ring (bicyclic) bond motifs is 1. The number of aliphatic carboxylic acids is 3. The molecule has 3 aromatic carbocycles. The van der Waals surface area contributed by atoms with Crippen molar-refractivity contribution in [1.29, 1.82) is 0 Å². The number of aromatic nitrogens is 1. The van der Waals surface area contributed by atoms with E-state index in [-0.39, 0.29) is 81.7 Å². The van der Waals surface area contributed by atoms with Gasteiger partial charge < -0.3 is 148 Å². The molecule has 0 aliphatic heterocycles. The molecule has 696 valence electrons. The molecule has 0 aliphatic rings. The predicted molar refractivity (Wildman–Crippen MR) is 448 cm³/mol. The average molecular weight is 1780 g/mol. The van der Waals surface area contributed by atoms with E-state index in [2.05, 4.69) is 79.4 Å². The lowest BCUT2D eigenvalue weighted by atomic mass is 10.0. The first-order valence-electron chi connectivity index (χ1n) is 40.9. The highest BCUT2D eigenvalue weighted by Crippen LogP contribution is 2.21. The summed E-state index contributed by atoms with van der Waals surface area (Å²) in [7, 11) is 0. The normalized spacial score (nSPS) is 14.8. The van der Waals surface area contributed by atoms with Crippen LogP contribution in [0.1, 0.15) is 121 Å². The van der Waals surface area contributed by atoms with Crippen molar-refractivity contribution >= 4 is 112 Å². The molecule has 126 heavy (non-hydrogen) atoms. The Labute approximate surface area is 724 Å². The molecule has 0 aliphatic carbocycles. The number of carboxylic acids is 3. The van der Waals surface area contributed by atoms with E-state index in [1.54, 1.807) is 82.3 Å². The van der Waals surface area contributed by atoms with Crippen LogP contribution < -0.4 is 91.6 Å². The van der Waals surface area contributed by atoms with Gasteiger partial charge in [-0.3, -0.25) is 76.7 Å². The van der Waals surface area contributed by atoms with Crippen molar-refractivity contribution in [1.82, 2.24) is 79.4 Å². The van der Waals surface area contributed by atoms with Crippen LogP contribution in [0.5, 0.6) is 5.75 Å². The minimum atomic E-state index is -2.04. The van der Waals surface area contributed by atoms with Crippen molar-refractivity contribution in [2.45, 2.75) is 215 Å². The fourth-order valence-corrected chi connectivity index (χ4v) is 12.7. The molecule has 14 amide bonds. The monoisotopic (exact) mass is 1780 g/mol. The Morgan fingerprint density at radius 3 is 0.968 bits per heavy atom. The average Bonchev–Trinajstić information content (AvgIpc) is 1.68. The summed E-state index contributed by atoms with van der Waals surface area (Å²) >= 11 is 0. The Morgan fingerprint density at radius 1 is 0.325 bits per heavy atom. The highest BCUT2D eigenvalue weighted by Gasteiger charge is 2.39. The van der Waals surface area contributed by atoms with Crippen LogP contribution in [0, 0.1) is 11.8 Å². The summed E-state index contributed by atoms with van der Waals surface area (Å²) < 4.78 is 0. The molecule has 1 aromatic heterocycles. The second-order valence-corrected chi connectivity index (χ2v) is 30.7. The summed E-state index contributed by atoms with van der Waals surface area (Å²) in [5.41, 5.74) is 18.7. The number of H-pyrrole nitrogens is 1. The number of nitrogens with one attached hydrogen (secondary N) is 15. The van der Waals surface area contributed by atoms with Crippen LogP contribution in [0.15, 0.2) is 85.1 Å². The minimum Gasteiger partial charge on any atom is -0.508 e. The van der Waals surface area contributed by atoms with Crippen LogP contribution in [0.4, 0.5) is 0 Å². The van der Waals surface area contributed by atoms with Crippen LogP contribution in [0.2, 0.25) is 0 Å². The van der Waals surface area contributed by atoms with E-state index in [1.807, 2.05) is 0 Å². The largest absolute Gasteiger partial charge is 0.508 e. The molecule has 0 fully saturated rings. The summed E-state index contributed by atoms with van der Waals surface area (Å²) in [6.45, 7) is 0.404. The Hall–Kier alpha value is -12.4. The number of carbonyl (C=O) groups excluding carboxylic acids is 14. The van der Waals surface area contributed by atoms with Crippen LogP contribution in [0.3, 0.4) is 0 Å². The number of aromatic amines is 1. The molecule has 0 radical (unpaired) electrons. The molecule has 0 saturated heterocycles. The van der Waals surface area contributed by atoms with Gasteiger partial charge in [-0.25, -0.2) is 4.79 Å². The number of hydrogen-bond acceptors (Lipinski definition) is 27. The third kappa shape index (κ3) is 36.4. The standard InChI is InChI=1S/C81H120N18O27/c1-42(2)30-55(90-77(121)60(37-101)95-67(111)49(84)36-100)72(116)86-51(18-10-12-28-82)68(112)88-53(24-26-65(107)108)70(114)92-58(33-45-20-22-47(106)23-21-45)74(118)94-59(34-46-35-85-50-17-9-8-16-48(46)50)76(120)97-63(40-104)80(124)98-62(39-103)78(122)91-56(31-43(3)4)73(117)87-52(19-11-13-29-83)69(113)89-54(25-27-66(109)110)71(115)96-61(38-102)79(123)93-57(32-44-14-6-5-7-15-44)75(119)99-64(41-105)81(125)126/h5-9,14-17,20-23,35,42-43,49,51-64,85,100-106H,10-13,18-19,24-34,36-41,82-84H2,1-4H3,(H,86,116)(H,87,117)(H,88,112)(H,89,113)(H,90,121)(H,91,122)(H,92,114)(H,93,123)(H,94,118)(H,95,111)(H,96,115)(H,97,120)(H,98,124)(H,99,119)(H,107,108)(H,109,110)(H,125,126). The first kappa shape index (κ1) is 106. The number of rotatable bonds is 59. The Kier molecular flexibility index (Phi) is 46.3. The number of benzene rings is 3. The Balaban J connectivity index is 1.64. The highest BCUT2D eigenvalue weighted by molar-refractivity contribution is 6.01. The maximum absolute atomic E-state index is 15.1. The number of para-hydroxylation sites is 1. The van der Waals surface area contributed by atoms with E-state index < -0.39 is 275 Å². The van der Waals surface area contributed by atoms with Gasteiger partial charge in [0.1, 0.15) is 96.4 Å². The molecule has 45 heteroatoms. The van der Waals surface area contributed by atoms with Crippen molar-refractivity contribution in [2.24, 2.45) is 29.0 Å². The van der Waals surface area contributed by atoms with Crippen LogP contribution in [-0.4, -0.2) is 300 Å².